The second kappa shape index (κ2) is 7.29. The Morgan fingerprint density at radius 1 is 1.16 bits per heavy atom. The number of benzene rings is 1. The van der Waals surface area contributed by atoms with Crippen molar-refractivity contribution in [1.82, 2.24) is 4.90 Å². The third-order valence-electron chi connectivity index (χ3n) is 3.19. The fourth-order valence-electron chi connectivity index (χ4n) is 2.05. The van der Waals surface area contributed by atoms with Gasteiger partial charge in [-0.1, -0.05) is 31.2 Å². The number of rotatable bonds is 6. The van der Waals surface area contributed by atoms with Crippen LogP contribution in [0.5, 0.6) is 0 Å². The summed E-state index contributed by atoms with van der Waals surface area (Å²) in [4.78, 5) is 14.0. The predicted molar refractivity (Wildman–Crippen MR) is 78.1 cm³/mol. The molecule has 1 rings (SSSR count). The number of hydrogen-bond acceptors (Lipinski definition) is 2. The van der Waals surface area contributed by atoms with Crippen molar-refractivity contribution in [2.75, 3.05) is 6.54 Å². The van der Waals surface area contributed by atoms with Crippen LogP contribution in [0.4, 0.5) is 0 Å². The van der Waals surface area contributed by atoms with Crippen molar-refractivity contribution in [2.45, 2.75) is 52.7 Å². The Labute approximate surface area is 116 Å². The largest absolute Gasteiger partial charge is 0.392 e. The number of aliphatic hydroxyl groups is 1. The van der Waals surface area contributed by atoms with Gasteiger partial charge in [0.25, 0.3) is 0 Å². The molecule has 0 radical (unpaired) electrons. The van der Waals surface area contributed by atoms with E-state index in [2.05, 4.69) is 19.1 Å². The zero-order chi connectivity index (χ0) is 14.4. The lowest BCUT2D eigenvalue weighted by Crippen LogP contribution is -2.42. The number of carbonyl (C=O) groups excluding carboxylic acids is 1. The van der Waals surface area contributed by atoms with Crippen molar-refractivity contribution in [3.8, 4) is 0 Å². The smallest absolute Gasteiger partial charge is 0.227 e. The minimum atomic E-state index is -0.492. The third-order valence-corrected chi connectivity index (χ3v) is 3.19. The highest BCUT2D eigenvalue weighted by Crippen LogP contribution is 2.09. The van der Waals surface area contributed by atoms with Gasteiger partial charge in [0.2, 0.25) is 5.91 Å². The van der Waals surface area contributed by atoms with E-state index in [1.807, 2.05) is 26.0 Å². The van der Waals surface area contributed by atoms with Crippen LogP contribution < -0.4 is 0 Å². The van der Waals surface area contributed by atoms with Gasteiger partial charge in [-0.3, -0.25) is 4.79 Å². The molecular formula is C16H25NO2. The fraction of sp³-hybridized carbons (Fsp3) is 0.562. The van der Waals surface area contributed by atoms with Crippen LogP contribution in [0, 0.1) is 0 Å². The van der Waals surface area contributed by atoms with Gasteiger partial charge >= 0.3 is 0 Å². The summed E-state index contributed by atoms with van der Waals surface area (Å²) in [5, 5.41) is 9.46. The predicted octanol–water partition coefficient (Wildman–Crippen LogP) is 2.41. The molecule has 0 aliphatic rings. The molecule has 1 aromatic carbocycles. The molecule has 1 aromatic rings. The molecule has 0 fully saturated rings. The van der Waals surface area contributed by atoms with Gasteiger partial charge in [-0.25, -0.2) is 0 Å². The topological polar surface area (TPSA) is 40.5 Å². The summed E-state index contributed by atoms with van der Waals surface area (Å²) < 4.78 is 0. The molecule has 0 spiro atoms. The molecule has 1 atom stereocenters. The van der Waals surface area contributed by atoms with E-state index < -0.39 is 6.10 Å². The third kappa shape index (κ3) is 5.03. The van der Waals surface area contributed by atoms with Crippen LogP contribution in [0.25, 0.3) is 0 Å². The summed E-state index contributed by atoms with van der Waals surface area (Å²) in [6.45, 7) is 8.16. The molecule has 1 N–H and O–H groups in total. The summed E-state index contributed by atoms with van der Waals surface area (Å²) in [6, 6.07) is 8.26. The highest BCUT2D eigenvalue weighted by atomic mass is 16.3. The van der Waals surface area contributed by atoms with Crippen LogP contribution in [-0.2, 0) is 17.6 Å². The Morgan fingerprint density at radius 2 is 1.68 bits per heavy atom. The van der Waals surface area contributed by atoms with Gasteiger partial charge in [0.05, 0.1) is 12.5 Å². The maximum Gasteiger partial charge on any atom is 0.227 e. The number of amides is 1. The number of aryl methyl sites for hydroxylation is 1. The minimum absolute atomic E-state index is 0.0696. The number of carbonyl (C=O) groups is 1. The summed E-state index contributed by atoms with van der Waals surface area (Å²) >= 11 is 0. The molecule has 106 valence electrons. The Bertz CT molecular complexity index is 396. The van der Waals surface area contributed by atoms with Crippen LogP contribution in [0.15, 0.2) is 24.3 Å². The van der Waals surface area contributed by atoms with E-state index in [0.29, 0.717) is 13.0 Å². The SMILES string of the molecule is CCc1ccc(CC(=O)N(CC(C)O)C(C)C)cc1. The van der Waals surface area contributed by atoms with Crippen LogP contribution in [0.3, 0.4) is 0 Å². The van der Waals surface area contributed by atoms with E-state index in [0.717, 1.165) is 12.0 Å². The lowest BCUT2D eigenvalue weighted by atomic mass is 10.1. The van der Waals surface area contributed by atoms with Gasteiger partial charge < -0.3 is 10.0 Å². The lowest BCUT2D eigenvalue weighted by molar-refractivity contribution is -0.133. The van der Waals surface area contributed by atoms with Crippen molar-refractivity contribution in [1.29, 1.82) is 0 Å². The molecule has 0 heterocycles. The van der Waals surface area contributed by atoms with Crippen molar-refractivity contribution < 1.29 is 9.90 Å². The van der Waals surface area contributed by atoms with Crippen molar-refractivity contribution in [3.63, 3.8) is 0 Å². The zero-order valence-corrected chi connectivity index (χ0v) is 12.4. The number of nitrogens with zero attached hydrogens (tertiary/aromatic N) is 1. The molecular weight excluding hydrogens is 238 g/mol. The average Bonchev–Trinajstić information content (AvgIpc) is 2.36. The average molecular weight is 263 g/mol. The Morgan fingerprint density at radius 3 is 2.11 bits per heavy atom. The van der Waals surface area contributed by atoms with E-state index in [-0.39, 0.29) is 11.9 Å². The number of aliphatic hydroxyl groups excluding tert-OH is 1. The second-order valence-corrected chi connectivity index (χ2v) is 5.34. The Hall–Kier alpha value is -1.35. The van der Waals surface area contributed by atoms with Gasteiger partial charge in [0, 0.05) is 12.6 Å². The summed E-state index contributed by atoms with van der Waals surface area (Å²) in [6.07, 6.45) is 0.914. The highest BCUT2D eigenvalue weighted by Gasteiger charge is 2.18. The normalized spacial score (nSPS) is 12.5. The first-order valence-electron chi connectivity index (χ1n) is 6.99. The van der Waals surface area contributed by atoms with E-state index in [1.165, 1.54) is 5.56 Å². The molecule has 1 unspecified atom stereocenters. The quantitative estimate of drug-likeness (QED) is 0.856. The van der Waals surface area contributed by atoms with E-state index >= 15 is 0 Å². The van der Waals surface area contributed by atoms with E-state index in [4.69, 9.17) is 0 Å². The second-order valence-electron chi connectivity index (χ2n) is 5.34. The van der Waals surface area contributed by atoms with Crippen LogP contribution >= 0.6 is 0 Å². The van der Waals surface area contributed by atoms with Crippen LogP contribution in [0.1, 0.15) is 38.8 Å². The summed E-state index contributed by atoms with van der Waals surface area (Å²) in [5.41, 5.74) is 2.30. The van der Waals surface area contributed by atoms with Gasteiger partial charge in [-0.2, -0.15) is 0 Å². The summed E-state index contributed by atoms with van der Waals surface area (Å²) in [7, 11) is 0. The van der Waals surface area contributed by atoms with Crippen molar-refractivity contribution in [2.24, 2.45) is 0 Å². The van der Waals surface area contributed by atoms with Gasteiger partial charge in [0.15, 0.2) is 0 Å². The number of hydrogen-bond donors (Lipinski definition) is 1. The van der Waals surface area contributed by atoms with Gasteiger partial charge in [-0.05, 0) is 38.3 Å². The van der Waals surface area contributed by atoms with E-state index in [9.17, 15) is 9.90 Å². The molecule has 1 amide bonds. The van der Waals surface area contributed by atoms with Gasteiger partial charge in [-0.15, -0.1) is 0 Å². The first kappa shape index (κ1) is 15.7. The molecule has 0 aromatic heterocycles. The van der Waals surface area contributed by atoms with Crippen molar-refractivity contribution >= 4 is 5.91 Å². The Kier molecular flexibility index (Phi) is 6.03. The standard InChI is InChI=1S/C16H25NO2/c1-5-14-6-8-15(9-7-14)10-16(19)17(12(2)3)11-13(4)18/h6-9,12-13,18H,5,10-11H2,1-4H3. The van der Waals surface area contributed by atoms with Crippen LogP contribution in [-0.4, -0.2) is 34.6 Å². The first-order chi connectivity index (χ1) is 8.93. The van der Waals surface area contributed by atoms with Gasteiger partial charge in [0.1, 0.15) is 0 Å². The Balaban J connectivity index is 2.69. The molecule has 0 aliphatic heterocycles. The molecule has 3 heteroatoms. The van der Waals surface area contributed by atoms with Crippen molar-refractivity contribution in [3.05, 3.63) is 35.4 Å². The molecule has 3 nitrogen and oxygen atoms in total. The minimum Gasteiger partial charge on any atom is -0.392 e. The molecule has 0 bridgehead atoms. The lowest BCUT2D eigenvalue weighted by Gasteiger charge is -2.28. The van der Waals surface area contributed by atoms with E-state index in [1.54, 1.807) is 11.8 Å². The maximum atomic E-state index is 12.3. The first-order valence-corrected chi connectivity index (χ1v) is 6.99. The molecule has 0 saturated carbocycles. The zero-order valence-electron chi connectivity index (χ0n) is 12.4. The molecule has 0 saturated heterocycles. The summed E-state index contributed by atoms with van der Waals surface area (Å²) in [5.74, 6) is 0.0696. The fourth-order valence-corrected chi connectivity index (χ4v) is 2.05. The highest BCUT2D eigenvalue weighted by molar-refractivity contribution is 5.79. The molecule has 19 heavy (non-hydrogen) atoms. The maximum absolute atomic E-state index is 12.3. The van der Waals surface area contributed by atoms with Crippen LogP contribution in [0.2, 0.25) is 0 Å². The monoisotopic (exact) mass is 263 g/mol. The molecule has 0 aliphatic carbocycles.